The predicted molar refractivity (Wildman–Crippen MR) is 31.4 cm³/mol. The molecular weight excluding hydrogens is 138 g/mol. The molecule has 0 bridgehead atoms. The van der Waals surface area contributed by atoms with Gasteiger partial charge in [-0.1, -0.05) is 6.92 Å². The molecule has 0 heterocycles. The number of rotatable bonds is 4. The standard InChI is InChI=1S/C5H9NO4/c1-2-4(5(8)9)6(10)3-7/h3-4,10H,2H2,1H3,(H,8,9). The topological polar surface area (TPSA) is 77.8 Å². The summed E-state index contributed by atoms with van der Waals surface area (Å²) in [5.41, 5.74) is 0. The van der Waals surface area contributed by atoms with Crippen LogP contribution in [-0.2, 0) is 9.59 Å². The molecule has 0 radical (unpaired) electrons. The van der Waals surface area contributed by atoms with Gasteiger partial charge in [0, 0.05) is 0 Å². The van der Waals surface area contributed by atoms with Crippen molar-refractivity contribution in [3.63, 3.8) is 0 Å². The number of carboxylic acid groups (broad SMARTS) is 1. The van der Waals surface area contributed by atoms with Crippen LogP contribution in [-0.4, -0.2) is 33.8 Å². The monoisotopic (exact) mass is 147 g/mol. The van der Waals surface area contributed by atoms with Gasteiger partial charge < -0.3 is 5.11 Å². The van der Waals surface area contributed by atoms with Crippen molar-refractivity contribution in [2.75, 3.05) is 0 Å². The minimum absolute atomic E-state index is 0.0717. The Kier molecular flexibility index (Phi) is 3.42. The maximum absolute atomic E-state index is 10.2. The summed E-state index contributed by atoms with van der Waals surface area (Å²) >= 11 is 0. The zero-order valence-electron chi connectivity index (χ0n) is 5.52. The highest BCUT2D eigenvalue weighted by Gasteiger charge is 2.20. The van der Waals surface area contributed by atoms with E-state index in [1.165, 1.54) is 0 Å². The third-order valence-corrected chi connectivity index (χ3v) is 1.10. The summed E-state index contributed by atoms with van der Waals surface area (Å²) in [7, 11) is 0. The van der Waals surface area contributed by atoms with Crippen molar-refractivity contribution in [3.05, 3.63) is 0 Å². The molecule has 1 amide bonds. The molecule has 0 aromatic heterocycles. The van der Waals surface area contributed by atoms with E-state index in [2.05, 4.69) is 0 Å². The van der Waals surface area contributed by atoms with Crippen molar-refractivity contribution in [2.24, 2.45) is 0 Å². The summed E-state index contributed by atoms with van der Waals surface area (Å²) in [4.78, 5) is 20.0. The third-order valence-electron chi connectivity index (χ3n) is 1.10. The van der Waals surface area contributed by atoms with Crippen molar-refractivity contribution in [1.82, 2.24) is 5.06 Å². The van der Waals surface area contributed by atoms with Crippen LogP contribution in [0.1, 0.15) is 13.3 Å². The van der Waals surface area contributed by atoms with E-state index in [-0.39, 0.29) is 17.9 Å². The first-order chi connectivity index (χ1) is 4.63. The first-order valence-electron chi connectivity index (χ1n) is 2.78. The van der Waals surface area contributed by atoms with E-state index in [0.29, 0.717) is 0 Å². The number of hydrogen-bond acceptors (Lipinski definition) is 3. The predicted octanol–water partition coefficient (Wildman–Crippen LogP) is -0.303. The van der Waals surface area contributed by atoms with Crippen molar-refractivity contribution in [1.29, 1.82) is 0 Å². The molecule has 0 fully saturated rings. The Hall–Kier alpha value is -1.10. The molecule has 2 N–H and O–H groups in total. The fraction of sp³-hybridized carbons (Fsp3) is 0.600. The second-order valence-electron chi connectivity index (χ2n) is 1.75. The molecular formula is C5H9NO4. The van der Waals surface area contributed by atoms with E-state index in [1.54, 1.807) is 6.92 Å². The van der Waals surface area contributed by atoms with Crippen LogP contribution in [0.4, 0.5) is 0 Å². The third kappa shape index (κ3) is 2.02. The highest BCUT2D eigenvalue weighted by atomic mass is 16.5. The van der Waals surface area contributed by atoms with Gasteiger partial charge in [-0.05, 0) is 6.42 Å². The molecule has 5 nitrogen and oxygen atoms in total. The minimum Gasteiger partial charge on any atom is -0.480 e. The fourth-order valence-electron chi connectivity index (χ4n) is 0.548. The van der Waals surface area contributed by atoms with Crippen LogP contribution in [0.15, 0.2) is 0 Å². The average molecular weight is 147 g/mol. The van der Waals surface area contributed by atoms with Gasteiger partial charge in [0.25, 0.3) is 0 Å². The van der Waals surface area contributed by atoms with E-state index < -0.39 is 12.0 Å². The van der Waals surface area contributed by atoms with Gasteiger partial charge in [-0.25, -0.2) is 9.86 Å². The number of carbonyl (C=O) groups excluding carboxylic acids is 1. The van der Waals surface area contributed by atoms with Crippen LogP contribution < -0.4 is 0 Å². The first-order valence-corrected chi connectivity index (χ1v) is 2.78. The lowest BCUT2D eigenvalue weighted by atomic mass is 10.2. The van der Waals surface area contributed by atoms with Crippen LogP contribution in [0, 0.1) is 0 Å². The van der Waals surface area contributed by atoms with E-state index in [1.807, 2.05) is 0 Å². The second kappa shape index (κ2) is 3.84. The molecule has 1 atom stereocenters. The zero-order valence-corrected chi connectivity index (χ0v) is 5.52. The van der Waals surface area contributed by atoms with E-state index in [4.69, 9.17) is 10.3 Å². The van der Waals surface area contributed by atoms with Crippen molar-refractivity contribution >= 4 is 12.4 Å². The molecule has 0 saturated heterocycles. The van der Waals surface area contributed by atoms with Gasteiger partial charge in [0.2, 0.25) is 6.41 Å². The van der Waals surface area contributed by atoms with E-state index in [9.17, 15) is 9.59 Å². The van der Waals surface area contributed by atoms with E-state index >= 15 is 0 Å². The Morgan fingerprint density at radius 3 is 2.40 bits per heavy atom. The van der Waals surface area contributed by atoms with Gasteiger partial charge in [-0.15, -0.1) is 0 Å². The van der Waals surface area contributed by atoms with Gasteiger partial charge in [0.15, 0.2) is 6.04 Å². The molecule has 0 aliphatic rings. The van der Waals surface area contributed by atoms with Crippen LogP contribution in [0.5, 0.6) is 0 Å². The van der Waals surface area contributed by atoms with Gasteiger partial charge in [-0.3, -0.25) is 10.0 Å². The number of hydroxylamine groups is 2. The Labute approximate surface area is 57.8 Å². The van der Waals surface area contributed by atoms with Crippen molar-refractivity contribution in [2.45, 2.75) is 19.4 Å². The normalized spacial score (nSPS) is 12.2. The van der Waals surface area contributed by atoms with Gasteiger partial charge >= 0.3 is 5.97 Å². The lowest BCUT2D eigenvalue weighted by Gasteiger charge is -2.15. The molecule has 1 unspecified atom stereocenters. The maximum Gasteiger partial charge on any atom is 0.329 e. The minimum atomic E-state index is -1.21. The number of carboxylic acids is 1. The summed E-state index contributed by atoms with van der Waals surface area (Å²) in [6, 6.07) is -1.13. The molecule has 10 heavy (non-hydrogen) atoms. The first kappa shape index (κ1) is 8.90. The molecule has 0 aliphatic carbocycles. The van der Waals surface area contributed by atoms with Gasteiger partial charge in [0.05, 0.1) is 0 Å². The Morgan fingerprint density at radius 1 is 1.80 bits per heavy atom. The maximum atomic E-state index is 10.2. The van der Waals surface area contributed by atoms with Crippen LogP contribution in [0.2, 0.25) is 0 Å². The Morgan fingerprint density at radius 2 is 2.30 bits per heavy atom. The molecule has 0 aromatic carbocycles. The number of aliphatic carboxylic acids is 1. The number of nitrogens with zero attached hydrogens (tertiary/aromatic N) is 1. The molecule has 0 rings (SSSR count). The Balaban J connectivity index is 4.05. The summed E-state index contributed by atoms with van der Waals surface area (Å²) in [5.74, 6) is -1.21. The fourth-order valence-corrected chi connectivity index (χ4v) is 0.548. The van der Waals surface area contributed by atoms with Gasteiger partial charge in [-0.2, -0.15) is 0 Å². The molecule has 0 aromatic rings. The Bertz CT molecular complexity index is 136. The molecule has 0 spiro atoms. The number of hydrogen-bond donors (Lipinski definition) is 2. The smallest absolute Gasteiger partial charge is 0.329 e. The molecule has 0 aliphatic heterocycles. The van der Waals surface area contributed by atoms with Crippen LogP contribution >= 0.6 is 0 Å². The van der Waals surface area contributed by atoms with Crippen LogP contribution in [0.3, 0.4) is 0 Å². The molecule has 58 valence electrons. The summed E-state index contributed by atoms with van der Waals surface area (Å²) < 4.78 is 0. The highest BCUT2D eigenvalue weighted by Crippen LogP contribution is 1.97. The second-order valence-corrected chi connectivity index (χ2v) is 1.75. The molecule has 5 heteroatoms. The highest BCUT2D eigenvalue weighted by molar-refractivity contribution is 5.75. The SMILES string of the molecule is CCC(C(=O)O)N(O)C=O. The van der Waals surface area contributed by atoms with E-state index in [0.717, 1.165) is 0 Å². The largest absolute Gasteiger partial charge is 0.480 e. The molecule has 0 saturated carbocycles. The number of amides is 1. The lowest BCUT2D eigenvalue weighted by Crippen LogP contribution is -2.37. The summed E-state index contributed by atoms with van der Waals surface area (Å²) in [6.07, 6.45) is 0.257. The summed E-state index contributed by atoms with van der Waals surface area (Å²) in [6.45, 7) is 1.56. The summed E-state index contributed by atoms with van der Waals surface area (Å²) in [5, 5.41) is 17.0. The van der Waals surface area contributed by atoms with Crippen LogP contribution in [0.25, 0.3) is 0 Å². The number of carbonyl (C=O) groups is 2. The lowest BCUT2D eigenvalue weighted by molar-refractivity contribution is -0.175. The van der Waals surface area contributed by atoms with Gasteiger partial charge in [0.1, 0.15) is 0 Å². The average Bonchev–Trinajstić information content (AvgIpc) is 1.88. The van der Waals surface area contributed by atoms with Crippen molar-refractivity contribution < 1.29 is 19.9 Å². The quantitative estimate of drug-likeness (QED) is 0.325. The van der Waals surface area contributed by atoms with Crippen molar-refractivity contribution in [3.8, 4) is 0 Å². The zero-order chi connectivity index (χ0) is 8.15.